The Labute approximate surface area is 98.7 Å². The van der Waals surface area contributed by atoms with E-state index in [2.05, 4.69) is 15.8 Å². The number of aromatic nitrogens is 1. The van der Waals surface area contributed by atoms with Crippen molar-refractivity contribution >= 4 is 11.8 Å². The lowest BCUT2D eigenvalue weighted by atomic mass is 10.1. The van der Waals surface area contributed by atoms with E-state index in [1.165, 1.54) is 0 Å². The van der Waals surface area contributed by atoms with Gasteiger partial charge in [-0.1, -0.05) is 5.16 Å². The summed E-state index contributed by atoms with van der Waals surface area (Å²) >= 11 is 0. The van der Waals surface area contributed by atoms with Crippen molar-refractivity contribution in [1.29, 1.82) is 0 Å². The largest absolute Gasteiger partial charge is 0.361 e. The van der Waals surface area contributed by atoms with Gasteiger partial charge in [0.2, 0.25) is 5.91 Å². The van der Waals surface area contributed by atoms with E-state index in [9.17, 15) is 9.59 Å². The third-order valence-corrected chi connectivity index (χ3v) is 2.86. The maximum Gasteiger partial charge on any atom is 0.257 e. The number of nitrogens with one attached hydrogen (secondary N) is 2. The van der Waals surface area contributed by atoms with Crippen LogP contribution in [0.25, 0.3) is 0 Å². The molecule has 1 aliphatic rings. The number of carbonyl (C=O) groups excluding carboxylic acids is 2. The van der Waals surface area contributed by atoms with Crippen LogP contribution < -0.4 is 10.6 Å². The van der Waals surface area contributed by atoms with Gasteiger partial charge in [-0.15, -0.1) is 0 Å². The van der Waals surface area contributed by atoms with Crippen LogP contribution in [0, 0.1) is 13.8 Å². The maximum absolute atomic E-state index is 12.0. The number of amides is 2. The van der Waals surface area contributed by atoms with E-state index >= 15 is 0 Å². The molecule has 0 aromatic carbocycles. The number of nitrogens with zero attached hydrogens (tertiary/aromatic N) is 1. The summed E-state index contributed by atoms with van der Waals surface area (Å²) in [5.74, 6) is 0.357. The van der Waals surface area contributed by atoms with Crippen LogP contribution in [0.1, 0.15) is 34.7 Å². The van der Waals surface area contributed by atoms with E-state index in [0.717, 1.165) is 0 Å². The number of piperidine rings is 1. The predicted molar refractivity (Wildman–Crippen MR) is 59.5 cm³/mol. The highest BCUT2D eigenvalue weighted by Gasteiger charge is 2.23. The molecule has 2 heterocycles. The summed E-state index contributed by atoms with van der Waals surface area (Å²) in [7, 11) is 0. The normalized spacial score (nSPS) is 19.9. The van der Waals surface area contributed by atoms with Gasteiger partial charge >= 0.3 is 0 Å². The molecule has 1 aromatic rings. The lowest BCUT2D eigenvalue weighted by Crippen LogP contribution is -2.47. The summed E-state index contributed by atoms with van der Waals surface area (Å²) < 4.78 is 4.94. The number of hydrogen-bond acceptors (Lipinski definition) is 4. The van der Waals surface area contributed by atoms with Gasteiger partial charge in [-0.05, 0) is 20.3 Å². The number of carbonyl (C=O) groups is 2. The average molecular weight is 237 g/mol. The first-order chi connectivity index (χ1) is 8.08. The smallest absolute Gasteiger partial charge is 0.257 e. The van der Waals surface area contributed by atoms with Crippen LogP contribution in [0.4, 0.5) is 0 Å². The first kappa shape index (κ1) is 11.6. The molecule has 2 N–H and O–H groups in total. The Bertz CT molecular complexity index is 423. The second-order valence-corrected chi connectivity index (χ2v) is 4.21. The van der Waals surface area contributed by atoms with Crippen molar-refractivity contribution in [2.75, 3.05) is 6.54 Å². The van der Waals surface area contributed by atoms with Crippen molar-refractivity contribution < 1.29 is 14.1 Å². The van der Waals surface area contributed by atoms with Crippen molar-refractivity contribution in [1.82, 2.24) is 15.8 Å². The Morgan fingerprint density at radius 1 is 1.53 bits per heavy atom. The SMILES string of the molecule is Cc1noc(C)c1C(=O)NC1CCC(=O)NC1. The molecule has 1 aromatic heterocycles. The maximum atomic E-state index is 12.0. The van der Waals surface area contributed by atoms with Crippen molar-refractivity contribution in [2.45, 2.75) is 32.7 Å². The number of hydrogen-bond donors (Lipinski definition) is 2. The van der Waals surface area contributed by atoms with Crippen molar-refractivity contribution in [3.63, 3.8) is 0 Å². The van der Waals surface area contributed by atoms with Gasteiger partial charge in [0.1, 0.15) is 11.3 Å². The minimum absolute atomic E-state index is 0.0195. The molecule has 1 aliphatic heterocycles. The standard InChI is InChI=1S/C11H15N3O3/c1-6-10(7(2)17-14-6)11(16)13-8-3-4-9(15)12-5-8/h8H,3-5H2,1-2H3,(H,12,15)(H,13,16). The summed E-state index contributed by atoms with van der Waals surface area (Å²) in [5, 5.41) is 9.33. The van der Waals surface area contributed by atoms with Crippen LogP contribution >= 0.6 is 0 Å². The third-order valence-electron chi connectivity index (χ3n) is 2.86. The van der Waals surface area contributed by atoms with Crippen LogP contribution in [0.3, 0.4) is 0 Å². The molecule has 0 spiro atoms. The average Bonchev–Trinajstić information content (AvgIpc) is 2.62. The summed E-state index contributed by atoms with van der Waals surface area (Å²) in [4.78, 5) is 23.0. The van der Waals surface area contributed by atoms with E-state index in [-0.39, 0.29) is 17.9 Å². The number of rotatable bonds is 2. The van der Waals surface area contributed by atoms with Crippen molar-refractivity contribution in [3.05, 3.63) is 17.0 Å². The van der Waals surface area contributed by atoms with E-state index in [0.29, 0.717) is 36.4 Å². The second-order valence-electron chi connectivity index (χ2n) is 4.21. The van der Waals surface area contributed by atoms with Crippen molar-refractivity contribution in [3.8, 4) is 0 Å². The van der Waals surface area contributed by atoms with Crippen LogP contribution in [0.5, 0.6) is 0 Å². The molecular weight excluding hydrogens is 222 g/mol. The highest BCUT2D eigenvalue weighted by Crippen LogP contribution is 2.13. The molecule has 0 aliphatic carbocycles. The zero-order valence-corrected chi connectivity index (χ0v) is 9.87. The fraction of sp³-hybridized carbons (Fsp3) is 0.545. The van der Waals surface area contributed by atoms with Gasteiger partial charge in [-0.25, -0.2) is 0 Å². The lowest BCUT2D eigenvalue weighted by molar-refractivity contribution is -0.122. The molecule has 2 rings (SSSR count). The zero-order valence-electron chi connectivity index (χ0n) is 9.87. The van der Waals surface area contributed by atoms with Gasteiger partial charge in [-0.3, -0.25) is 9.59 Å². The topological polar surface area (TPSA) is 84.2 Å². The molecule has 17 heavy (non-hydrogen) atoms. The molecule has 0 radical (unpaired) electrons. The molecule has 0 saturated carbocycles. The summed E-state index contributed by atoms with van der Waals surface area (Å²) in [6, 6.07) is -0.0195. The van der Waals surface area contributed by atoms with Crippen molar-refractivity contribution in [2.24, 2.45) is 0 Å². The minimum Gasteiger partial charge on any atom is -0.361 e. The molecule has 92 valence electrons. The van der Waals surface area contributed by atoms with Gasteiger partial charge in [0, 0.05) is 19.0 Å². The molecule has 0 bridgehead atoms. The van der Waals surface area contributed by atoms with Crippen LogP contribution in [-0.2, 0) is 4.79 Å². The summed E-state index contributed by atoms with van der Waals surface area (Å²) in [6.45, 7) is 3.92. The van der Waals surface area contributed by atoms with E-state index in [1.54, 1.807) is 13.8 Å². The Morgan fingerprint density at radius 3 is 2.82 bits per heavy atom. The van der Waals surface area contributed by atoms with Gasteiger partial charge in [0.25, 0.3) is 5.91 Å². The number of aryl methyl sites for hydroxylation is 2. The van der Waals surface area contributed by atoms with E-state index < -0.39 is 0 Å². The van der Waals surface area contributed by atoms with Gasteiger partial charge in [-0.2, -0.15) is 0 Å². The Morgan fingerprint density at radius 2 is 2.29 bits per heavy atom. The fourth-order valence-electron chi connectivity index (χ4n) is 1.92. The second kappa shape index (κ2) is 4.57. The van der Waals surface area contributed by atoms with Gasteiger partial charge < -0.3 is 15.2 Å². The molecule has 6 heteroatoms. The minimum atomic E-state index is -0.192. The molecule has 1 saturated heterocycles. The molecule has 1 unspecified atom stereocenters. The Kier molecular flexibility index (Phi) is 3.12. The highest BCUT2D eigenvalue weighted by molar-refractivity contribution is 5.96. The van der Waals surface area contributed by atoms with E-state index in [4.69, 9.17) is 4.52 Å². The first-order valence-corrected chi connectivity index (χ1v) is 5.58. The van der Waals surface area contributed by atoms with Gasteiger partial charge in [0.15, 0.2) is 0 Å². The van der Waals surface area contributed by atoms with Crippen LogP contribution in [0.15, 0.2) is 4.52 Å². The Hall–Kier alpha value is -1.85. The third kappa shape index (κ3) is 2.46. The summed E-state index contributed by atoms with van der Waals surface area (Å²) in [6.07, 6.45) is 1.12. The molecule has 1 atom stereocenters. The summed E-state index contributed by atoms with van der Waals surface area (Å²) in [5.41, 5.74) is 1.07. The quantitative estimate of drug-likeness (QED) is 0.774. The van der Waals surface area contributed by atoms with E-state index in [1.807, 2.05) is 0 Å². The highest BCUT2D eigenvalue weighted by atomic mass is 16.5. The fourth-order valence-corrected chi connectivity index (χ4v) is 1.92. The van der Waals surface area contributed by atoms with Gasteiger partial charge in [0.05, 0.1) is 5.69 Å². The van der Waals surface area contributed by atoms with Crippen LogP contribution in [0.2, 0.25) is 0 Å². The molecule has 1 fully saturated rings. The Balaban J connectivity index is 2.00. The zero-order chi connectivity index (χ0) is 12.4. The van der Waals surface area contributed by atoms with Crippen LogP contribution in [-0.4, -0.2) is 29.6 Å². The molecular formula is C11H15N3O3. The molecule has 6 nitrogen and oxygen atoms in total. The molecule has 2 amide bonds. The predicted octanol–water partition coefficient (Wildman–Crippen LogP) is 0.300. The lowest BCUT2D eigenvalue weighted by Gasteiger charge is -2.23. The monoisotopic (exact) mass is 237 g/mol. The first-order valence-electron chi connectivity index (χ1n) is 5.58.